The van der Waals surface area contributed by atoms with Crippen molar-refractivity contribution in [2.75, 3.05) is 16.8 Å². The number of hydrogen-bond acceptors (Lipinski definition) is 5. The number of hydrogen-bond donors (Lipinski definition) is 1. The Kier molecular flexibility index (Phi) is 6.09. The molecule has 2 heterocycles. The smallest absolute Gasteiger partial charge is 0.247 e. The molecule has 1 saturated heterocycles. The Morgan fingerprint density at radius 2 is 2.00 bits per heavy atom. The lowest BCUT2D eigenvalue weighted by Gasteiger charge is -2.17. The van der Waals surface area contributed by atoms with Crippen LogP contribution in [-0.4, -0.2) is 28.6 Å². The number of aromatic nitrogens is 2. The number of amides is 2. The number of carbonyl (C=O) groups excluding carboxylic acids is 2. The first-order valence-corrected chi connectivity index (χ1v) is 10.3. The summed E-state index contributed by atoms with van der Waals surface area (Å²) in [4.78, 5) is 26.0. The van der Waals surface area contributed by atoms with Gasteiger partial charge in [-0.05, 0) is 43.2 Å². The molecule has 1 fully saturated rings. The summed E-state index contributed by atoms with van der Waals surface area (Å²) < 4.78 is 5.66. The van der Waals surface area contributed by atoms with E-state index in [4.69, 9.17) is 16.0 Å². The summed E-state index contributed by atoms with van der Waals surface area (Å²) in [5.74, 6) is 0.887. The van der Waals surface area contributed by atoms with E-state index in [1.54, 1.807) is 23.1 Å². The maximum absolute atomic E-state index is 12.4. The predicted molar refractivity (Wildman–Crippen MR) is 114 cm³/mol. The molecule has 1 aromatic heterocycles. The molecule has 0 spiro atoms. The Labute approximate surface area is 179 Å². The van der Waals surface area contributed by atoms with Gasteiger partial charge in [0.05, 0.1) is 10.7 Å². The molecule has 1 aliphatic rings. The van der Waals surface area contributed by atoms with Crippen LogP contribution in [0.15, 0.2) is 52.9 Å². The Balaban J connectivity index is 1.31. The number of benzene rings is 2. The summed E-state index contributed by atoms with van der Waals surface area (Å²) in [5.41, 5.74) is 2.11. The highest BCUT2D eigenvalue weighted by molar-refractivity contribution is 6.33. The lowest BCUT2D eigenvalue weighted by molar-refractivity contribution is -0.117. The van der Waals surface area contributed by atoms with Crippen molar-refractivity contribution in [1.29, 1.82) is 0 Å². The summed E-state index contributed by atoms with van der Waals surface area (Å²) in [7, 11) is 0. The van der Waals surface area contributed by atoms with Crippen molar-refractivity contribution in [3.05, 3.63) is 59.4 Å². The van der Waals surface area contributed by atoms with Gasteiger partial charge >= 0.3 is 0 Å². The second-order valence-electron chi connectivity index (χ2n) is 7.08. The van der Waals surface area contributed by atoms with Crippen molar-refractivity contribution >= 4 is 34.8 Å². The van der Waals surface area contributed by atoms with E-state index in [-0.39, 0.29) is 18.2 Å². The molecule has 1 N–H and O–H groups in total. The van der Waals surface area contributed by atoms with Gasteiger partial charge in [0.15, 0.2) is 0 Å². The van der Waals surface area contributed by atoms with E-state index in [9.17, 15) is 9.59 Å². The van der Waals surface area contributed by atoms with Gasteiger partial charge in [0, 0.05) is 37.1 Å². The van der Waals surface area contributed by atoms with Gasteiger partial charge in [-0.25, -0.2) is 0 Å². The molecule has 3 aromatic rings. The van der Waals surface area contributed by atoms with Gasteiger partial charge in [0.25, 0.3) is 0 Å². The van der Waals surface area contributed by atoms with Gasteiger partial charge in [0.2, 0.25) is 23.6 Å². The van der Waals surface area contributed by atoms with Crippen molar-refractivity contribution in [2.24, 2.45) is 0 Å². The van der Waals surface area contributed by atoms with Crippen molar-refractivity contribution in [3.8, 4) is 11.5 Å². The lowest BCUT2D eigenvalue weighted by atomic mass is 10.2. The molecule has 8 heteroatoms. The van der Waals surface area contributed by atoms with Crippen LogP contribution in [0.2, 0.25) is 5.02 Å². The molecule has 7 nitrogen and oxygen atoms in total. The van der Waals surface area contributed by atoms with Crippen molar-refractivity contribution in [1.82, 2.24) is 10.2 Å². The molecular weight excluding hydrogens is 404 g/mol. The highest BCUT2D eigenvalue weighted by Gasteiger charge is 2.22. The number of aryl methyl sites for hydroxylation is 1. The normalized spacial score (nSPS) is 13.6. The number of anilines is 2. The first-order valence-electron chi connectivity index (χ1n) is 9.88. The van der Waals surface area contributed by atoms with Crippen LogP contribution in [0.3, 0.4) is 0 Å². The molecule has 0 aliphatic carbocycles. The Hall–Kier alpha value is -3.19. The molecule has 0 atom stereocenters. The summed E-state index contributed by atoms with van der Waals surface area (Å²) >= 11 is 6.22. The van der Waals surface area contributed by atoms with Crippen LogP contribution in [0, 0.1) is 0 Å². The number of halogens is 1. The zero-order valence-corrected chi connectivity index (χ0v) is 17.1. The first-order chi connectivity index (χ1) is 14.6. The maximum Gasteiger partial charge on any atom is 0.247 e. The van der Waals surface area contributed by atoms with Gasteiger partial charge in [-0.1, -0.05) is 29.8 Å². The third-order valence-corrected chi connectivity index (χ3v) is 5.22. The first kappa shape index (κ1) is 20.1. The zero-order chi connectivity index (χ0) is 20.9. The molecule has 0 bridgehead atoms. The molecule has 30 heavy (non-hydrogen) atoms. The molecule has 0 radical (unpaired) electrons. The fourth-order valence-corrected chi connectivity index (χ4v) is 3.53. The van der Waals surface area contributed by atoms with Crippen LogP contribution in [-0.2, 0) is 16.0 Å². The van der Waals surface area contributed by atoms with Crippen molar-refractivity contribution in [3.63, 3.8) is 0 Å². The van der Waals surface area contributed by atoms with E-state index in [1.165, 1.54) is 0 Å². The van der Waals surface area contributed by atoms with Crippen LogP contribution in [0.5, 0.6) is 0 Å². The van der Waals surface area contributed by atoms with E-state index in [0.29, 0.717) is 48.3 Å². The molecule has 2 aromatic carbocycles. The highest BCUT2D eigenvalue weighted by Crippen LogP contribution is 2.30. The monoisotopic (exact) mass is 424 g/mol. The summed E-state index contributed by atoms with van der Waals surface area (Å²) in [6.07, 6.45) is 2.73. The number of carbonyl (C=O) groups is 2. The van der Waals surface area contributed by atoms with E-state index < -0.39 is 0 Å². The lowest BCUT2D eigenvalue weighted by Crippen LogP contribution is -2.23. The predicted octanol–water partition coefficient (Wildman–Crippen LogP) is 4.48. The quantitative estimate of drug-likeness (QED) is 0.604. The van der Waals surface area contributed by atoms with Gasteiger partial charge in [-0.15, -0.1) is 10.2 Å². The van der Waals surface area contributed by atoms with Gasteiger partial charge < -0.3 is 14.6 Å². The van der Waals surface area contributed by atoms with Gasteiger partial charge in [-0.2, -0.15) is 0 Å². The Morgan fingerprint density at radius 1 is 1.17 bits per heavy atom. The molecule has 4 rings (SSSR count). The van der Waals surface area contributed by atoms with Crippen molar-refractivity contribution in [2.45, 2.75) is 32.1 Å². The molecule has 0 unspecified atom stereocenters. The average Bonchev–Trinajstić information content (AvgIpc) is 3.39. The average molecular weight is 425 g/mol. The highest BCUT2D eigenvalue weighted by atomic mass is 35.5. The maximum atomic E-state index is 12.4. The summed E-state index contributed by atoms with van der Waals surface area (Å²) in [6.45, 7) is 0.684. The number of rotatable bonds is 7. The number of nitrogens with zero attached hydrogens (tertiary/aromatic N) is 3. The minimum Gasteiger partial charge on any atom is -0.421 e. The zero-order valence-electron chi connectivity index (χ0n) is 16.3. The van der Waals surface area contributed by atoms with Crippen LogP contribution >= 0.6 is 11.6 Å². The molecule has 154 valence electrons. The van der Waals surface area contributed by atoms with Crippen molar-refractivity contribution < 1.29 is 14.0 Å². The molecular formula is C22H21ClN4O3. The fraction of sp³-hybridized carbons (Fsp3) is 0.273. The van der Waals surface area contributed by atoms with Gasteiger partial charge in [0.1, 0.15) is 0 Å². The van der Waals surface area contributed by atoms with Crippen LogP contribution in [0.4, 0.5) is 11.4 Å². The fourth-order valence-electron chi connectivity index (χ4n) is 3.36. The van der Waals surface area contributed by atoms with E-state index in [2.05, 4.69) is 15.5 Å². The largest absolute Gasteiger partial charge is 0.421 e. The second kappa shape index (κ2) is 9.09. The third kappa shape index (κ3) is 4.68. The second-order valence-corrected chi connectivity index (χ2v) is 7.49. The molecule has 1 aliphatic heterocycles. The minimum absolute atomic E-state index is 0.0871. The SMILES string of the molecule is O=C(CCCc1nnc(-c2ccccc2)o1)Nc1cc(N2CCCC2=O)ccc1Cl. The third-order valence-electron chi connectivity index (χ3n) is 4.89. The van der Waals surface area contributed by atoms with E-state index in [0.717, 1.165) is 17.7 Å². The van der Waals surface area contributed by atoms with E-state index >= 15 is 0 Å². The standard InChI is InChI=1S/C22H21ClN4O3/c23-17-12-11-16(27-13-5-10-21(27)29)14-18(17)24-19(28)8-4-9-20-25-26-22(30-20)15-6-2-1-3-7-15/h1-3,6-7,11-12,14H,4-5,8-10,13H2,(H,24,28). The Bertz CT molecular complexity index is 1050. The van der Waals surface area contributed by atoms with Crippen LogP contribution < -0.4 is 10.2 Å². The van der Waals surface area contributed by atoms with E-state index in [1.807, 2.05) is 30.3 Å². The Morgan fingerprint density at radius 3 is 2.77 bits per heavy atom. The minimum atomic E-state index is -0.162. The summed E-state index contributed by atoms with van der Waals surface area (Å²) in [6, 6.07) is 14.8. The molecule has 2 amide bonds. The summed E-state index contributed by atoms with van der Waals surface area (Å²) in [5, 5.41) is 11.4. The topological polar surface area (TPSA) is 88.3 Å². The van der Waals surface area contributed by atoms with Crippen LogP contribution in [0.25, 0.3) is 11.5 Å². The molecule has 0 saturated carbocycles. The number of nitrogens with one attached hydrogen (secondary N) is 1. The van der Waals surface area contributed by atoms with Crippen LogP contribution in [0.1, 0.15) is 31.6 Å². The van der Waals surface area contributed by atoms with Gasteiger partial charge in [-0.3, -0.25) is 9.59 Å².